The molecule has 0 aliphatic rings. The minimum Gasteiger partial charge on any atom is -0.496 e. The average molecular weight is 440 g/mol. The van der Waals surface area contributed by atoms with Crippen LogP contribution in [0.5, 0.6) is 11.5 Å². The first-order valence-corrected chi connectivity index (χ1v) is 11.0. The Morgan fingerprint density at radius 1 is 0.879 bits per heavy atom. The van der Waals surface area contributed by atoms with E-state index >= 15 is 0 Å². The summed E-state index contributed by atoms with van der Waals surface area (Å²) in [4.78, 5) is 13.0. The normalized spacial score (nSPS) is 11.3. The standard InChI is InChI=1S/C29H29NO3/c1-29(2,3)23-13-15-24(16-14-23)33-19-22-18-21(12-17-27(22)32-4)28(31)30-26-11-7-9-20-8-5-6-10-25(20)26/h5-18H,19H2,1-4H3,(H,30,31). The number of ether oxygens (including phenoxy) is 2. The highest BCUT2D eigenvalue weighted by Crippen LogP contribution is 2.27. The Bertz CT molecular complexity index is 1270. The van der Waals surface area contributed by atoms with E-state index in [1.807, 2.05) is 60.7 Å². The van der Waals surface area contributed by atoms with Gasteiger partial charge in [-0.25, -0.2) is 0 Å². The molecule has 0 radical (unpaired) electrons. The molecule has 0 aliphatic carbocycles. The van der Waals surface area contributed by atoms with E-state index in [2.05, 4.69) is 38.2 Å². The smallest absolute Gasteiger partial charge is 0.255 e. The lowest BCUT2D eigenvalue weighted by molar-refractivity contribution is 0.102. The minimum absolute atomic E-state index is 0.0908. The summed E-state index contributed by atoms with van der Waals surface area (Å²) in [5.41, 5.74) is 3.48. The Balaban J connectivity index is 1.52. The molecule has 0 unspecified atom stereocenters. The SMILES string of the molecule is COc1ccc(C(=O)Nc2cccc3ccccc23)cc1COc1ccc(C(C)(C)C)cc1. The lowest BCUT2D eigenvalue weighted by atomic mass is 9.87. The lowest BCUT2D eigenvalue weighted by Crippen LogP contribution is -2.13. The zero-order valence-corrected chi connectivity index (χ0v) is 19.5. The van der Waals surface area contributed by atoms with Gasteiger partial charge in [-0.05, 0) is 52.8 Å². The van der Waals surface area contributed by atoms with Gasteiger partial charge in [0.15, 0.2) is 0 Å². The molecule has 0 fully saturated rings. The molecule has 0 aromatic heterocycles. The number of rotatable bonds is 6. The van der Waals surface area contributed by atoms with Gasteiger partial charge in [0.1, 0.15) is 18.1 Å². The van der Waals surface area contributed by atoms with Gasteiger partial charge in [-0.15, -0.1) is 0 Å². The van der Waals surface area contributed by atoms with Crippen molar-refractivity contribution in [3.05, 3.63) is 102 Å². The molecule has 168 valence electrons. The second-order valence-corrected chi connectivity index (χ2v) is 9.07. The Hall–Kier alpha value is -3.79. The summed E-state index contributed by atoms with van der Waals surface area (Å²) in [6, 6.07) is 27.4. The van der Waals surface area contributed by atoms with Crippen LogP contribution in [-0.2, 0) is 12.0 Å². The Kier molecular flexibility index (Phi) is 6.36. The maximum absolute atomic E-state index is 13.0. The molecular formula is C29H29NO3. The molecule has 0 atom stereocenters. The van der Waals surface area contributed by atoms with Crippen LogP contribution in [0.2, 0.25) is 0 Å². The van der Waals surface area contributed by atoms with Crippen molar-refractivity contribution in [1.29, 1.82) is 0 Å². The van der Waals surface area contributed by atoms with Crippen molar-refractivity contribution in [3.63, 3.8) is 0 Å². The highest BCUT2D eigenvalue weighted by Gasteiger charge is 2.14. The Labute approximate surface area is 195 Å². The summed E-state index contributed by atoms with van der Waals surface area (Å²) >= 11 is 0. The largest absolute Gasteiger partial charge is 0.496 e. The maximum atomic E-state index is 13.0. The van der Waals surface area contributed by atoms with Crippen LogP contribution in [0.4, 0.5) is 5.69 Å². The van der Waals surface area contributed by atoms with Crippen LogP contribution in [0.25, 0.3) is 10.8 Å². The van der Waals surface area contributed by atoms with E-state index in [1.165, 1.54) is 5.56 Å². The van der Waals surface area contributed by atoms with Crippen LogP contribution in [-0.4, -0.2) is 13.0 Å². The topological polar surface area (TPSA) is 47.6 Å². The van der Waals surface area contributed by atoms with Gasteiger partial charge < -0.3 is 14.8 Å². The molecule has 33 heavy (non-hydrogen) atoms. The summed E-state index contributed by atoms with van der Waals surface area (Å²) in [6.07, 6.45) is 0. The van der Waals surface area contributed by atoms with Gasteiger partial charge in [0.25, 0.3) is 5.91 Å². The van der Waals surface area contributed by atoms with Crippen molar-refractivity contribution in [3.8, 4) is 11.5 Å². The van der Waals surface area contributed by atoms with Crippen LogP contribution in [0.1, 0.15) is 42.3 Å². The fourth-order valence-corrected chi connectivity index (χ4v) is 3.77. The van der Waals surface area contributed by atoms with Crippen LogP contribution in [0.15, 0.2) is 84.9 Å². The van der Waals surface area contributed by atoms with Crippen LogP contribution in [0.3, 0.4) is 0 Å². The second-order valence-electron chi connectivity index (χ2n) is 9.07. The molecule has 1 amide bonds. The molecule has 0 heterocycles. The highest BCUT2D eigenvalue weighted by atomic mass is 16.5. The first-order valence-electron chi connectivity index (χ1n) is 11.0. The molecule has 4 heteroatoms. The molecule has 0 spiro atoms. The van der Waals surface area contributed by atoms with E-state index in [9.17, 15) is 4.79 Å². The molecule has 0 saturated heterocycles. The minimum atomic E-state index is -0.176. The Morgan fingerprint density at radius 3 is 2.33 bits per heavy atom. The van der Waals surface area contributed by atoms with Crippen molar-refractivity contribution < 1.29 is 14.3 Å². The zero-order valence-electron chi connectivity index (χ0n) is 19.5. The highest BCUT2D eigenvalue weighted by molar-refractivity contribution is 6.09. The van der Waals surface area contributed by atoms with E-state index in [1.54, 1.807) is 19.2 Å². The van der Waals surface area contributed by atoms with E-state index in [4.69, 9.17) is 9.47 Å². The number of nitrogens with one attached hydrogen (secondary N) is 1. The maximum Gasteiger partial charge on any atom is 0.255 e. The summed E-state index contributed by atoms with van der Waals surface area (Å²) in [5, 5.41) is 5.12. The summed E-state index contributed by atoms with van der Waals surface area (Å²) in [7, 11) is 1.62. The first-order chi connectivity index (χ1) is 15.8. The number of hydrogen-bond donors (Lipinski definition) is 1. The monoisotopic (exact) mass is 439 g/mol. The van der Waals surface area contributed by atoms with Gasteiger partial charge in [0.2, 0.25) is 0 Å². The fourth-order valence-electron chi connectivity index (χ4n) is 3.77. The number of benzene rings is 4. The van der Waals surface area contributed by atoms with E-state index < -0.39 is 0 Å². The predicted octanol–water partition coefficient (Wildman–Crippen LogP) is 6.98. The summed E-state index contributed by atoms with van der Waals surface area (Å²) in [6.45, 7) is 6.85. The number of anilines is 1. The third-order valence-electron chi connectivity index (χ3n) is 5.70. The number of methoxy groups -OCH3 is 1. The van der Waals surface area contributed by atoms with Gasteiger partial charge >= 0.3 is 0 Å². The van der Waals surface area contributed by atoms with E-state index in [-0.39, 0.29) is 11.3 Å². The van der Waals surface area contributed by atoms with Crippen LogP contribution < -0.4 is 14.8 Å². The molecule has 0 aliphatic heterocycles. The molecule has 0 saturated carbocycles. The van der Waals surface area contributed by atoms with Gasteiger partial charge in [-0.2, -0.15) is 0 Å². The Morgan fingerprint density at radius 2 is 1.61 bits per heavy atom. The summed E-state index contributed by atoms with van der Waals surface area (Å²) in [5.74, 6) is 1.28. The molecular weight excluding hydrogens is 410 g/mol. The van der Waals surface area contributed by atoms with Gasteiger partial charge in [-0.1, -0.05) is 69.3 Å². The molecule has 4 aromatic carbocycles. The average Bonchev–Trinajstić information content (AvgIpc) is 2.82. The molecule has 0 bridgehead atoms. The third-order valence-corrected chi connectivity index (χ3v) is 5.70. The molecule has 1 N–H and O–H groups in total. The number of amides is 1. The van der Waals surface area contributed by atoms with Gasteiger partial charge in [-0.3, -0.25) is 4.79 Å². The number of carbonyl (C=O) groups is 1. The number of hydrogen-bond acceptors (Lipinski definition) is 3. The van der Waals surface area contributed by atoms with Gasteiger partial charge in [0.05, 0.1) is 7.11 Å². The fraction of sp³-hybridized carbons (Fsp3) is 0.207. The zero-order chi connectivity index (χ0) is 23.4. The predicted molar refractivity (Wildman–Crippen MR) is 134 cm³/mol. The van der Waals surface area contributed by atoms with Crippen molar-refractivity contribution >= 4 is 22.4 Å². The quantitative estimate of drug-likeness (QED) is 0.353. The number of fused-ring (bicyclic) bond motifs is 1. The third kappa shape index (κ3) is 5.17. The molecule has 4 aromatic rings. The molecule has 4 nitrogen and oxygen atoms in total. The van der Waals surface area contributed by atoms with Gasteiger partial charge in [0, 0.05) is 22.2 Å². The number of carbonyl (C=O) groups excluding carboxylic acids is 1. The van der Waals surface area contributed by atoms with E-state index in [0.29, 0.717) is 17.9 Å². The first kappa shape index (κ1) is 22.4. The summed E-state index contributed by atoms with van der Waals surface area (Å²) < 4.78 is 11.5. The van der Waals surface area contributed by atoms with Crippen LogP contribution >= 0.6 is 0 Å². The van der Waals surface area contributed by atoms with Crippen molar-refractivity contribution in [1.82, 2.24) is 0 Å². The van der Waals surface area contributed by atoms with Crippen LogP contribution in [0, 0.1) is 0 Å². The van der Waals surface area contributed by atoms with Crippen molar-refractivity contribution in [2.24, 2.45) is 0 Å². The second kappa shape index (κ2) is 9.37. The lowest BCUT2D eigenvalue weighted by Gasteiger charge is -2.19. The van der Waals surface area contributed by atoms with E-state index in [0.717, 1.165) is 27.8 Å². The molecule has 4 rings (SSSR count). The van der Waals surface area contributed by atoms with Crippen molar-refractivity contribution in [2.45, 2.75) is 32.8 Å². The van der Waals surface area contributed by atoms with Crippen molar-refractivity contribution in [2.75, 3.05) is 12.4 Å².